The Bertz CT molecular complexity index is 375. The fourth-order valence-electron chi connectivity index (χ4n) is 1.85. The van der Waals surface area contributed by atoms with Crippen LogP contribution in [0.15, 0.2) is 6.07 Å². The van der Waals surface area contributed by atoms with Gasteiger partial charge in [-0.1, -0.05) is 6.42 Å². The lowest BCUT2D eigenvalue weighted by atomic mass is 9.85. The van der Waals surface area contributed by atoms with Crippen LogP contribution in [0.25, 0.3) is 0 Å². The highest BCUT2D eigenvalue weighted by Crippen LogP contribution is 2.26. The molecule has 1 aliphatic rings. The molecule has 0 unspecified atom stereocenters. The second kappa shape index (κ2) is 5.34. The maximum atomic E-state index is 5.59. The smallest absolute Gasteiger partial charge is 0.226 e. The molecule has 1 aromatic heterocycles. The fraction of sp³-hybridized carbons (Fsp3) is 0.692. The molecule has 94 valence electrons. The molecule has 0 saturated heterocycles. The second-order valence-electron chi connectivity index (χ2n) is 5.02. The number of aromatic nitrogens is 2. The van der Waals surface area contributed by atoms with E-state index in [1.807, 2.05) is 26.8 Å². The summed E-state index contributed by atoms with van der Waals surface area (Å²) in [6.45, 7) is 6.94. The number of aryl methyl sites for hydroxylation is 1. The van der Waals surface area contributed by atoms with Crippen molar-refractivity contribution in [3.63, 3.8) is 0 Å². The predicted octanol–water partition coefficient (Wildman–Crippen LogP) is 2.78. The number of anilines is 1. The van der Waals surface area contributed by atoms with E-state index >= 15 is 0 Å². The van der Waals surface area contributed by atoms with Gasteiger partial charge in [0.1, 0.15) is 0 Å². The molecule has 4 heteroatoms. The van der Waals surface area contributed by atoms with Crippen molar-refractivity contribution >= 4 is 5.95 Å². The van der Waals surface area contributed by atoms with Crippen molar-refractivity contribution in [2.75, 3.05) is 11.9 Å². The van der Waals surface area contributed by atoms with Gasteiger partial charge in [-0.25, -0.2) is 4.98 Å². The lowest BCUT2D eigenvalue weighted by molar-refractivity contribution is 0.232. The summed E-state index contributed by atoms with van der Waals surface area (Å²) in [5.74, 6) is 2.14. The summed E-state index contributed by atoms with van der Waals surface area (Å²) in [4.78, 5) is 8.73. The molecule has 0 radical (unpaired) electrons. The largest absolute Gasteiger partial charge is 0.475 e. The van der Waals surface area contributed by atoms with E-state index in [1.165, 1.54) is 19.3 Å². The summed E-state index contributed by atoms with van der Waals surface area (Å²) in [5, 5.41) is 3.30. The van der Waals surface area contributed by atoms with Crippen LogP contribution in [0, 0.1) is 12.8 Å². The van der Waals surface area contributed by atoms with Crippen molar-refractivity contribution in [1.82, 2.24) is 9.97 Å². The van der Waals surface area contributed by atoms with Crippen LogP contribution in [0.4, 0.5) is 5.95 Å². The van der Waals surface area contributed by atoms with Crippen LogP contribution in [0.5, 0.6) is 5.88 Å². The molecule has 1 saturated carbocycles. The summed E-state index contributed by atoms with van der Waals surface area (Å²) >= 11 is 0. The Labute approximate surface area is 103 Å². The molecule has 1 N–H and O–H groups in total. The summed E-state index contributed by atoms with van der Waals surface area (Å²) in [7, 11) is 0. The first kappa shape index (κ1) is 12.1. The van der Waals surface area contributed by atoms with Crippen LogP contribution in [-0.2, 0) is 0 Å². The maximum absolute atomic E-state index is 5.59. The van der Waals surface area contributed by atoms with Gasteiger partial charge in [0.25, 0.3) is 0 Å². The van der Waals surface area contributed by atoms with E-state index < -0.39 is 0 Å². The number of hydrogen-bond acceptors (Lipinski definition) is 4. The van der Waals surface area contributed by atoms with Crippen molar-refractivity contribution < 1.29 is 4.74 Å². The average molecular weight is 235 g/mol. The average Bonchev–Trinajstić information content (AvgIpc) is 2.12. The molecule has 1 heterocycles. The van der Waals surface area contributed by atoms with Gasteiger partial charge in [0.05, 0.1) is 6.10 Å². The van der Waals surface area contributed by atoms with Gasteiger partial charge in [-0.05, 0) is 39.5 Å². The zero-order chi connectivity index (χ0) is 12.3. The highest BCUT2D eigenvalue weighted by atomic mass is 16.5. The van der Waals surface area contributed by atoms with Gasteiger partial charge in [0.2, 0.25) is 11.8 Å². The monoisotopic (exact) mass is 235 g/mol. The molecule has 0 spiro atoms. The van der Waals surface area contributed by atoms with Crippen LogP contribution < -0.4 is 10.1 Å². The molecular formula is C13H21N3O. The van der Waals surface area contributed by atoms with E-state index in [-0.39, 0.29) is 6.10 Å². The number of rotatable bonds is 5. The third kappa shape index (κ3) is 3.58. The first-order valence-electron chi connectivity index (χ1n) is 6.39. The molecule has 1 aromatic rings. The molecule has 17 heavy (non-hydrogen) atoms. The lowest BCUT2D eigenvalue weighted by Gasteiger charge is -2.25. The third-order valence-electron chi connectivity index (χ3n) is 2.96. The minimum Gasteiger partial charge on any atom is -0.475 e. The van der Waals surface area contributed by atoms with Crippen molar-refractivity contribution in [1.29, 1.82) is 0 Å². The van der Waals surface area contributed by atoms with Crippen LogP contribution >= 0.6 is 0 Å². The standard InChI is InChI=1S/C13H21N3O/c1-9(2)17-12-7-10(3)15-13(16-12)14-8-11-5-4-6-11/h7,9,11H,4-6,8H2,1-3H3,(H,14,15,16). The molecule has 2 rings (SSSR count). The van der Waals surface area contributed by atoms with Crippen molar-refractivity contribution in [2.24, 2.45) is 5.92 Å². The van der Waals surface area contributed by atoms with E-state index in [0.29, 0.717) is 11.8 Å². The summed E-state index contributed by atoms with van der Waals surface area (Å²) in [6.07, 6.45) is 4.16. The molecule has 1 fully saturated rings. The Hall–Kier alpha value is -1.32. The van der Waals surface area contributed by atoms with Gasteiger partial charge in [0.15, 0.2) is 0 Å². The Morgan fingerprint density at radius 2 is 2.18 bits per heavy atom. The van der Waals surface area contributed by atoms with E-state index in [1.54, 1.807) is 0 Å². The van der Waals surface area contributed by atoms with E-state index in [2.05, 4.69) is 15.3 Å². The Morgan fingerprint density at radius 3 is 2.76 bits per heavy atom. The quantitative estimate of drug-likeness (QED) is 0.852. The number of nitrogens with zero attached hydrogens (tertiary/aromatic N) is 2. The maximum Gasteiger partial charge on any atom is 0.226 e. The normalized spacial score (nSPS) is 15.8. The van der Waals surface area contributed by atoms with E-state index in [9.17, 15) is 0 Å². The third-order valence-corrected chi connectivity index (χ3v) is 2.96. The van der Waals surface area contributed by atoms with Crippen LogP contribution in [0.2, 0.25) is 0 Å². The van der Waals surface area contributed by atoms with E-state index in [4.69, 9.17) is 4.74 Å². The Morgan fingerprint density at radius 1 is 1.41 bits per heavy atom. The molecular weight excluding hydrogens is 214 g/mol. The minimum absolute atomic E-state index is 0.142. The van der Waals surface area contributed by atoms with Crippen LogP contribution in [0.1, 0.15) is 38.8 Å². The summed E-state index contributed by atoms with van der Waals surface area (Å²) in [6, 6.07) is 1.87. The van der Waals surface area contributed by atoms with Gasteiger partial charge in [0, 0.05) is 18.3 Å². The molecule has 4 nitrogen and oxygen atoms in total. The topological polar surface area (TPSA) is 47.0 Å². The summed E-state index contributed by atoms with van der Waals surface area (Å²) < 4.78 is 5.59. The number of nitrogens with one attached hydrogen (secondary N) is 1. The van der Waals surface area contributed by atoms with Gasteiger partial charge in [-0.15, -0.1) is 0 Å². The number of ether oxygens (including phenoxy) is 1. The van der Waals surface area contributed by atoms with E-state index in [0.717, 1.165) is 18.2 Å². The van der Waals surface area contributed by atoms with Crippen molar-refractivity contribution in [2.45, 2.75) is 46.1 Å². The molecule has 0 aliphatic heterocycles. The minimum atomic E-state index is 0.142. The molecule has 0 bridgehead atoms. The van der Waals surface area contributed by atoms with Gasteiger partial charge in [-0.3, -0.25) is 0 Å². The second-order valence-corrected chi connectivity index (χ2v) is 5.02. The number of hydrogen-bond donors (Lipinski definition) is 1. The zero-order valence-electron chi connectivity index (χ0n) is 10.9. The van der Waals surface area contributed by atoms with Crippen molar-refractivity contribution in [3.05, 3.63) is 11.8 Å². The van der Waals surface area contributed by atoms with Gasteiger partial charge >= 0.3 is 0 Å². The molecule has 0 atom stereocenters. The van der Waals surface area contributed by atoms with Crippen LogP contribution in [-0.4, -0.2) is 22.6 Å². The van der Waals surface area contributed by atoms with Gasteiger partial charge in [-0.2, -0.15) is 4.98 Å². The molecule has 0 amide bonds. The Kier molecular flexibility index (Phi) is 3.82. The lowest BCUT2D eigenvalue weighted by Crippen LogP contribution is -2.22. The SMILES string of the molecule is Cc1cc(OC(C)C)nc(NCC2CCC2)n1. The first-order valence-corrected chi connectivity index (χ1v) is 6.39. The fourth-order valence-corrected chi connectivity index (χ4v) is 1.85. The van der Waals surface area contributed by atoms with Crippen molar-refractivity contribution in [3.8, 4) is 5.88 Å². The summed E-state index contributed by atoms with van der Waals surface area (Å²) in [5.41, 5.74) is 0.937. The van der Waals surface area contributed by atoms with Crippen LogP contribution in [0.3, 0.4) is 0 Å². The Balaban J connectivity index is 1.97. The highest BCUT2D eigenvalue weighted by molar-refractivity contribution is 5.30. The molecule has 1 aliphatic carbocycles. The van der Waals surface area contributed by atoms with Gasteiger partial charge < -0.3 is 10.1 Å². The predicted molar refractivity (Wildman–Crippen MR) is 68.4 cm³/mol. The highest BCUT2D eigenvalue weighted by Gasteiger charge is 2.17. The molecule has 0 aromatic carbocycles. The first-order chi connectivity index (χ1) is 8.13. The zero-order valence-corrected chi connectivity index (χ0v) is 10.9.